The van der Waals surface area contributed by atoms with Crippen molar-refractivity contribution in [1.29, 1.82) is 0 Å². The van der Waals surface area contributed by atoms with Gasteiger partial charge in [-0.1, -0.05) is 17.7 Å². The third-order valence-electron chi connectivity index (χ3n) is 2.33. The Balaban J connectivity index is 2.61. The molecule has 1 N–H and O–H groups in total. The molecule has 0 amide bonds. The second kappa shape index (κ2) is 4.70. The molecule has 0 spiro atoms. The van der Waals surface area contributed by atoms with E-state index in [0.29, 0.717) is 0 Å². The molecule has 0 fully saturated rings. The molecule has 2 aromatic rings. The number of hydrogen-bond acceptors (Lipinski definition) is 2. The van der Waals surface area contributed by atoms with Crippen molar-refractivity contribution in [2.75, 3.05) is 0 Å². The Morgan fingerprint density at radius 2 is 1.94 bits per heavy atom. The van der Waals surface area contributed by atoms with Crippen LogP contribution in [0.15, 0.2) is 30.5 Å². The second-order valence-electron chi connectivity index (χ2n) is 3.49. The van der Waals surface area contributed by atoms with Crippen LogP contribution >= 0.6 is 11.6 Å². The van der Waals surface area contributed by atoms with Gasteiger partial charge in [-0.25, -0.2) is 18.6 Å². The van der Waals surface area contributed by atoms with Gasteiger partial charge in [0.05, 0.1) is 11.8 Å². The van der Waals surface area contributed by atoms with Crippen molar-refractivity contribution in [2.45, 2.75) is 0 Å². The van der Waals surface area contributed by atoms with Crippen LogP contribution in [0.4, 0.5) is 8.78 Å². The van der Waals surface area contributed by atoms with E-state index in [-0.39, 0.29) is 16.3 Å². The monoisotopic (exact) mass is 269 g/mol. The molecule has 0 aliphatic heterocycles. The average Bonchev–Trinajstić information content (AvgIpc) is 2.33. The quantitative estimate of drug-likeness (QED) is 0.850. The first-order valence-electron chi connectivity index (χ1n) is 4.83. The van der Waals surface area contributed by atoms with Gasteiger partial charge in [0.15, 0.2) is 0 Å². The van der Waals surface area contributed by atoms with Crippen LogP contribution in [0.5, 0.6) is 0 Å². The lowest BCUT2D eigenvalue weighted by Gasteiger charge is -2.05. The van der Waals surface area contributed by atoms with Crippen molar-refractivity contribution in [1.82, 2.24) is 4.98 Å². The molecule has 1 aromatic carbocycles. The molecule has 6 heteroatoms. The van der Waals surface area contributed by atoms with Crippen LogP contribution in [0.2, 0.25) is 5.15 Å². The van der Waals surface area contributed by atoms with Gasteiger partial charge < -0.3 is 5.11 Å². The number of benzene rings is 1. The van der Waals surface area contributed by atoms with Crippen LogP contribution in [0.3, 0.4) is 0 Å². The number of carboxylic acid groups (broad SMARTS) is 1. The average molecular weight is 270 g/mol. The number of carboxylic acids is 1. The third-order valence-corrected chi connectivity index (χ3v) is 2.54. The Labute approximate surface area is 106 Å². The Morgan fingerprint density at radius 3 is 2.61 bits per heavy atom. The van der Waals surface area contributed by atoms with Crippen LogP contribution < -0.4 is 0 Å². The van der Waals surface area contributed by atoms with Crippen molar-refractivity contribution in [3.05, 3.63) is 52.8 Å². The highest BCUT2D eigenvalue weighted by Gasteiger charge is 2.14. The minimum absolute atomic E-state index is 0.0626. The summed E-state index contributed by atoms with van der Waals surface area (Å²) in [5.41, 5.74) is -0.243. The maximum atomic E-state index is 13.5. The summed E-state index contributed by atoms with van der Waals surface area (Å²) in [5, 5.41) is 8.85. The lowest BCUT2D eigenvalue weighted by molar-refractivity contribution is 0.0692. The molecule has 0 aliphatic rings. The summed E-state index contributed by atoms with van der Waals surface area (Å²) in [6.07, 6.45) is 0.918. The summed E-state index contributed by atoms with van der Waals surface area (Å²) in [6.45, 7) is 0. The van der Waals surface area contributed by atoms with E-state index in [0.717, 1.165) is 18.3 Å². The fourth-order valence-corrected chi connectivity index (χ4v) is 1.65. The number of hydrogen-bond donors (Lipinski definition) is 1. The number of aromatic carboxylic acids is 1. The van der Waals surface area contributed by atoms with E-state index in [1.165, 1.54) is 12.1 Å². The highest BCUT2D eigenvalue weighted by molar-refractivity contribution is 6.29. The first kappa shape index (κ1) is 12.4. The first-order chi connectivity index (χ1) is 8.49. The number of rotatable bonds is 2. The van der Waals surface area contributed by atoms with E-state index in [2.05, 4.69) is 4.98 Å². The van der Waals surface area contributed by atoms with E-state index in [1.54, 1.807) is 0 Å². The van der Waals surface area contributed by atoms with Gasteiger partial charge in [-0.3, -0.25) is 0 Å². The van der Waals surface area contributed by atoms with E-state index in [9.17, 15) is 13.6 Å². The molecule has 0 aliphatic carbocycles. The Bertz CT molecular complexity index is 631. The van der Waals surface area contributed by atoms with Gasteiger partial charge in [-0.15, -0.1) is 0 Å². The molecule has 1 aromatic heterocycles. The standard InChI is InChI=1S/C12H6ClF2NO2/c13-11-4-7(10(15)5-16-11)6-1-2-9(14)8(3-6)12(17)18/h1-5H,(H,17,18). The lowest BCUT2D eigenvalue weighted by Crippen LogP contribution is -2.01. The van der Waals surface area contributed by atoms with E-state index >= 15 is 0 Å². The molecule has 0 bridgehead atoms. The summed E-state index contributed by atoms with van der Waals surface area (Å²) in [5.74, 6) is -2.97. The predicted molar refractivity (Wildman–Crippen MR) is 61.6 cm³/mol. The van der Waals surface area contributed by atoms with Crippen molar-refractivity contribution < 1.29 is 18.7 Å². The van der Waals surface area contributed by atoms with Crippen molar-refractivity contribution in [2.24, 2.45) is 0 Å². The molecule has 0 atom stereocenters. The maximum Gasteiger partial charge on any atom is 0.338 e. The number of halogens is 3. The van der Waals surface area contributed by atoms with Crippen molar-refractivity contribution in [3.8, 4) is 11.1 Å². The van der Waals surface area contributed by atoms with Gasteiger partial charge in [-0.2, -0.15) is 0 Å². The van der Waals surface area contributed by atoms with Crippen LogP contribution in [-0.2, 0) is 0 Å². The van der Waals surface area contributed by atoms with Crippen LogP contribution in [0.25, 0.3) is 11.1 Å². The van der Waals surface area contributed by atoms with Gasteiger partial charge >= 0.3 is 5.97 Å². The first-order valence-corrected chi connectivity index (χ1v) is 5.21. The molecule has 3 nitrogen and oxygen atoms in total. The number of pyridine rings is 1. The van der Waals surface area contributed by atoms with Crippen molar-refractivity contribution in [3.63, 3.8) is 0 Å². The minimum Gasteiger partial charge on any atom is -0.478 e. The molecule has 0 saturated carbocycles. The molecule has 92 valence electrons. The number of nitrogens with zero attached hydrogens (tertiary/aromatic N) is 1. The molecule has 0 radical (unpaired) electrons. The molecule has 2 rings (SSSR count). The summed E-state index contributed by atoms with van der Waals surface area (Å²) in [7, 11) is 0. The van der Waals surface area contributed by atoms with E-state index < -0.39 is 23.2 Å². The Kier molecular flexibility index (Phi) is 3.25. The molecule has 0 unspecified atom stereocenters. The zero-order valence-corrected chi connectivity index (χ0v) is 9.58. The fraction of sp³-hybridized carbons (Fsp3) is 0. The number of carbonyl (C=O) groups is 1. The van der Waals surface area contributed by atoms with Crippen LogP contribution in [0, 0.1) is 11.6 Å². The SMILES string of the molecule is O=C(O)c1cc(-c2cc(Cl)ncc2F)ccc1F. The third kappa shape index (κ3) is 2.31. The second-order valence-corrected chi connectivity index (χ2v) is 3.87. The molecule has 0 saturated heterocycles. The topological polar surface area (TPSA) is 50.2 Å². The smallest absolute Gasteiger partial charge is 0.338 e. The predicted octanol–water partition coefficient (Wildman–Crippen LogP) is 3.38. The van der Waals surface area contributed by atoms with Gasteiger partial charge in [0.1, 0.15) is 16.8 Å². The highest BCUT2D eigenvalue weighted by Crippen LogP contribution is 2.26. The van der Waals surface area contributed by atoms with Gasteiger partial charge in [0.2, 0.25) is 0 Å². The molecule has 1 heterocycles. The molecular formula is C12H6ClF2NO2. The van der Waals surface area contributed by atoms with E-state index in [1.807, 2.05) is 0 Å². The Hall–Kier alpha value is -2.01. The van der Waals surface area contributed by atoms with Crippen LogP contribution in [0.1, 0.15) is 10.4 Å². The lowest BCUT2D eigenvalue weighted by atomic mass is 10.0. The highest BCUT2D eigenvalue weighted by atomic mass is 35.5. The van der Waals surface area contributed by atoms with Gasteiger partial charge in [-0.05, 0) is 23.8 Å². The van der Waals surface area contributed by atoms with E-state index in [4.69, 9.17) is 16.7 Å². The summed E-state index contributed by atoms with van der Waals surface area (Å²) in [6, 6.07) is 4.53. The maximum absolute atomic E-state index is 13.5. The zero-order chi connectivity index (χ0) is 13.3. The zero-order valence-electron chi connectivity index (χ0n) is 8.82. The van der Waals surface area contributed by atoms with Crippen LogP contribution in [-0.4, -0.2) is 16.1 Å². The largest absolute Gasteiger partial charge is 0.478 e. The summed E-state index contributed by atoms with van der Waals surface area (Å²) >= 11 is 5.63. The minimum atomic E-state index is -1.42. The summed E-state index contributed by atoms with van der Waals surface area (Å²) < 4.78 is 26.7. The fourth-order valence-electron chi connectivity index (χ4n) is 1.49. The Morgan fingerprint density at radius 1 is 1.22 bits per heavy atom. The molecule has 18 heavy (non-hydrogen) atoms. The normalized spacial score (nSPS) is 10.4. The summed E-state index contributed by atoms with van der Waals surface area (Å²) in [4.78, 5) is 14.3. The molecular weight excluding hydrogens is 264 g/mol. The van der Waals surface area contributed by atoms with Gasteiger partial charge in [0.25, 0.3) is 0 Å². The van der Waals surface area contributed by atoms with Crippen molar-refractivity contribution >= 4 is 17.6 Å². The number of aromatic nitrogens is 1. The van der Waals surface area contributed by atoms with Gasteiger partial charge in [0, 0.05) is 5.56 Å².